The molecule has 2 aromatic carbocycles. The third-order valence-corrected chi connectivity index (χ3v) is 5.00. The van der Waals surface area contributed by atoms with Crippen molar-refractivity contribution in [2.45, 2.75) is 12.5 Å². The number of ether oxygens (including phenoxy) is 1. The number of hydrogen-bond acceptors (Lipinski definition) is 5. The van der Waals surface area contributed by atoms with Crippen molar-refractivity contribution in [3.63, 3.8) is 0 Å². The predicted molar refractivity (Wildman–Crippen MR) is 93.3 cm³/mol. The quantitative estimate of drug-likeness (QED) is 0.742. The molecule has 4 nitrogen and oxygen atoms in total. The van der Waals surface area contributed by atoms with Crippen LogP contribution in [0.3, 0.4) is 0 Å². The largest absolute Gasteiger partial charge is 0.493 e. The maximum atomic E-state index is 6.23. The first-order valence-electron chi connectivity index (χ1n) is 7.38. The van der Waals surface area contributed by atoms with Crippen molar-refractivity contribution in [2.24, 2.45) is 0 Å². The van der Waals surface area contributed by atoms with Crippen molar-refractivity contribution in [3.8, 4) is 16.3 Å². The zero-order valence-electron chi connectivity index (χ0n) is 12.2. The number of fused-ring (bicyclic) bond motifs is 1. The fourth-order valence-corrected chi connectivity index (χ4v) is 3.78. The molecule has 1 unspecified atom stereocenters. The molecule has 1 aromatic heterocycles. The summed E-state index contributed by atoms with van der Waals surface area (Å²) in [4.78, 5) is 0. The van der Waals surface area contributed by atoms with Crippen molar-refractivity contribution in [1.29, 1.82) is 0 Å². The Kier molecular flexibility index (Phi) is 3.89. The van der Waals surface area contributed by atoms with Crippen LogP contribution >= 0.6 is 22.9 Å². The van der Waals surface area contributed by atoms with E-state index < -0.39 is 0 Å². The minimum atomic E-state index is 0.187. The number of anilines is 1. The van der Waals surface area contributed by atoms with Gasteiger partial charge in [0.15, 0.2) is 5.01 Å². The zero-order chi connectivity index (χ0) is 15.6. The number of para-hydroxylation sites is 1. The number of aromatic nitrogens is 2. The van der Waals surface area contributed by atoms with Gasteiger partial charge in [-0.25, -0.2) is 0 Å². The van der Waals surface area contributed by atoms with Crippen LogP contribution in [0, 0.1) is 0 Å². The van der Waals surface area contributed by atoms with Crippen LogP contribution in [0.1, 0.15) is 18.0 Å². The molecule has 0 fully saturated rings. The standard InChI is InChI=1S/C17H14ClN3OS/c18-13-7-3-1-5-11(13)16-20-21-17(23-16)19-14-9-10-22-15-8-4-2-6-12(14)15/h1-8,14H,9-10H2,(H,19,21). The van der Waals surface area contributed by atoms with Gasteiger partial charge in [0, 0.05) is 17.5 Å². The first kappa shape index (κ1) is 14.5. The third kappa shape index (κ3) is 2.90. The lowest BCUT2D eigenvalue weighted by atomic mass is 10.0. The Balaban J connectivity index is 1.59. The highest BCUT2D eigenvalue weighted by atomic mass is 35.5. The van der Waals surface area contributed by atoms with Gasteiger partial charge in [0.25, 0.3) is 0 Å². The van der Waals surface area contributed by atoms with Crippen molar-refractivity contribution in [3.05, 3.63) is 59.1 Å². The Bertz CT molecular complexity index is 836. The van der Waals surface area contributed by atoms with E-state index in [1.54, 1.807) is 0 Å². The topological polar surface area (TPSA) is 47.0 Å². The normalized spacial score (nSPS) is 16.5. The molecule has 0 bridgehead atoms. The maximum Gasteiger partial charge on any atom is 0.206 e. The molecule has 4 rings (SSSR count). The Morgan fingerprint density at radius 2 is 1.91 bits per heavy atom. The van der Waals surface area contributed by atoms with Gasteiger partial charge in [-0.3, -0.25) is 0 Å². The van der Waals surface area contributed by atoms with E-state index in [0.29, 0.717) is 11.6 Å². The first-order valence-corrected chi connectivity index (χ1v) is 8.57. The van der Waals surface area contributed by atoms with Gasteiger partial charge in [-0.15, -0.1) is 10.2 Å². The van der Waals surface area contributed by atoms with Gasteiger partial charge >= 0.3 is 0 Å². The van der Waals surface area contributed by atoms with Gasteiger partial charge in [-0.05, 0) is 12.1 Å². The summed E-state index contributed by atoms with van der Waals surface area (Å²) in [5.41, 5.74) is 2.07. The molecule has 3 aromatic rings. The van der Waals surface area contributed by atoms with E-state index in [-0.39, 0.29) is 6.04 Å². The van der Waals surface area contributed by atoms with Gasteiger partial charge in [-0.2, -0.15) is 0 Å². The molecular formula is C17H14ClN3OS. The molecule has 0 saturated heterocycles. The minimum absolute atomic E-state index is 0.187. The van der Waals surface area contributed by atoms with Crippen molar-refractivity contribution < 1.29 is 4.74 Å². The van der Waals surface area contributed by atoms with Crippen molar-refractivity contribution in [1.82, 2.24) is 10.2 Å². The molecule has 1 atom stereocenters. The molecule has 1 aliphatic rings. The van der Waals surface area contributed by atoms with Crippen molar-refractivity contribution >= 4 is 28.1 Å². The zero-order valence-corrected chi connectivity index (χ0v) is 13.8. The predicted octanol–water partition coefficient (Wildman–Crippen LogP) is 4.79. The Morgan fingerprint density at radius 1 is 1.09 bits per heavy atom. The minimum Gasteiger partial charge on any atom is -0.493 e. The lowest BCUT2D eigenvalue weighted by Crippen LogP contribution is -2.20. The van der Waals surface area contributed by atoms with Gasteiger partial charge in [0.1, 0.15) is 5.75 Å². The number of nitrogens with one attached hydrogen (secondary N) is 1. The summed E-state index contributed by atoms with van der Waals surface area (Å²) in [6, 6.07) is 16.0. The number of nitrogens with zero attached hydrogens (tertiary/aromatic N) is 2. The SMILES string of the molecule is Clc1ccccc1-c1nnc(NC2CCOc3ccccc32)s1. The Labute approximate surface area is 143 Å². The van der Waals surface area contributed by atoms with E-state index in [0.717, 1.165) is 33.4 Å². The van der Waals surface area contributed by atoms with Crippen LogP contribution in [-0.4, -0.2) is 16.8 Å². The number of hydrogen-bond donors (Lipinski definition) is 1. The van der Waals surface area contributed by atoms with Gasteiger partial charge in [0.2, 0.25) is 5.13 Å². The van der Waals surface area contributed by atoms with Crippen LogP contribution in [0.15, 0.2) is 48.5 Å². The molecule has 0 aliphatic carbocycles. The number of benzene rings is 2. The molecule has 23 heavy (non-hydrogen) atoms. The van der Waals surface area contributed by atoms with Crippen LogP contribution in [0.25, 0.3) is 10.6 Å². The molecule has 2 heterocycles. The summed E-state index contributed by atoms with van der Waals surface area (Å²) < 4.78 is 5.69. The Hall–Kier alpha value is -2.11. The number of rotatable bonds is 3. The lowest BCUT2D eigenvalue weighted by Gasteiger charge is -2.26. The summed E-state index contributed by atoms with van der Waals surface area (Å²) in [6.07, 6.45) is 0.901. The summed E-state index contributed by atoms with van der Waals surface area (Å²) in [5, 5.41) is 14.3. The molecule has 0 saturated carbocycles. The van der Waals surface area contributed by atoms with E-state index >= 15 is 0 Å². The van der Waals surface area contributed by atoms with E-state index in [2.05, 4.69) is 21.6 Å². The smallest absolute Gasteiger partial charge is 0.206 e. The Morgan fingerprint density at radius 3 is 2.83 bits per heavy atom. The van der Waals surface area contributed by atoms with Gasteiger partial charge in [0.05, 0.1) is 17.7 Å². The van der Waals surface area contributed by atoms with E-state index in [4.69, 9.17) is 16.3 Å². The molecule has 0 spiro atoms. The molecule has 0 amide bonds. The molecule has 6 heteroatoms. The molecular weight excluding hydrogens is 330 g/mol. The van der Waals surface area contributed by atoms with Gasteiger partial charge < -0.3 is 10.1 Å². The van der Waals surface area contributed by atoms with Crippen LogP contribution in [0.5, 0.6) is 5.75 Å². The molecule has 0 radical (unpaired) electrons. The summed E-state index contributed by atoms with van der Waals surface area (Å²) >= 11 is 7.74. The highest BCUT2D eigenvalue weighted by molar-refractivity contribution is 7.18. The highest BCUT2D eigenvalue weighted by Gasteiger charge is 2.22. The van der Waals surface area contributed by atoms with Crippen LogP contribution in [-0.2, 0) is 0 Å². The maximum absolute atomic E-state index is 6.23. The van der Waals surface area contributed by atoms with E-state index in [1.807, 2.05) is 42.5 Å². The van der Waals surface area contributed by atoms with Crippen LogP contribution in [0.4, 0.5) is 5.13 Å². The molecule has 1 N–H and O–H groups in total. The second-order valence-corrected chi connectivity index (χ2v) is 6.65. The van der Waals surface area contributed by atoms with Gasteiger partial charge in [-0.1, -0.05) is 59.3 Å². The lowest BCUT2D eigenvalue weighted by molar-refractivity contribution is 0.274. The fourth-order valence-electron chi connectivity index (χ4n) is 2.67. The monoisotopic (exact) mass is 343 g/mol. The summed E-state index contributed by atoms with van der Waals surface area (Å²) in [5.74, 6) is 0.937. The van der Waals surface area contributed by atoms with Crippen LogP contribution < -0.4 is 10.1 Å². The average molecular weight is 344 g/mol. The van der Waals surface area contributed by atoms with E-state index in [1.165, 1.54) is 11.3 Å². The second kappa shape index (κ2) is 6.18. The van der Waals surface area contributed by atoms with Crippen molar-refractivity contribution in [2.75, 3.05) is 11.9 Å². The third-order valence-electron chi connectivity index (χ3n) is 3.79. The number of halogens is 1. The fraction of sp³-hybridized carbons (Fsp3) is 0.176. The van der Waals surface area contributed by atoms with Crippen LogP contribution in [0.2, 0.25) is 5.02 Å². The first-order chi connectivity index (χ1) is 11.3. The van der Waals surface area contributed by atoms with E-state index in [9.17, 15) is 0 Å². The molecule has 1 aliphatic heterocycles. The highest BCUT2D eigenvalue weighted by Crippen LogP contribution is 2.36. The average Bonchev–Trinajstić information content (AvgIpc) is 3.04. The summed E-state index contributed by atoms with van der Waals surface area (Å²) in [6.45, 7) is 0.699. The second-order valence-electron chi connectivity index (χ2n) is 5.26. The summed E-state index contributed by atoms with van der Waals surface area (Å²) in [7, 11) is 0. The molecule has 116 valence electrons.